The molecule has 4 aromatic rings. The molecule has 1 N–H and O–H groups in total. The summed E-state index contributed by atoms with van der Waals surface area (Å²) in [5.41, 5.74) is 6.43. The van der Waals surface area contributed by atoms with Crippen molar-refractivity contribution in [1.29, 1.82) is 0 Å². The quantitative estimate of drug-likeness (QED) is 0.338. The monoisotopic (exact) mass is 446 g/mol. The Morgan fingerprint density at radius 2 is 1.52 bits per heavy atom. The van der Waals surface area contributed by atoms with Crippen LogP contribution in [0.1, 0.15) is 17.2 Å². The highest BCUT2D eigenvalue weighted by Gasteiger charge is 2.26. The summed E-state index contributed by atoms with van der Waals surface area (Å²) in [4.78, 5) is 16.6. The molecule has 0 saturated heterocycles. The van der Waals surface area contributed by atoms with Crippen LogP contribution in [0.3, 0.4) is 0 Å². The van der Waals surface area contributed by atoms with E-state index in [4.69, 9.17) is 23.2 Å². The number of benzene rings is 3. The minimum Gasteiger partial charge on any atom is -0.479 e. The van der Waals surface area contributed by atoms with Crippen LogP contribution >= 0.6 is 23.2 Å². The zero-order valence-electron chi connectivity index (χ0n) is 16.2. The van der Waals surface area contributed by atoms with Crippen LogP contribution in [0, 0.1) is 0 Å². The van der Waals surface area contributed by atoms with Crippen LogP contribution in [-0.4, -0.2) is 20.6 Å². The van der Waals surface area contributed by atoms with Crippen molar-refractivity contribution in [2.24, 2.45) is 0 Å². The van der Waals surface area contributed by atoms with Crippen molar-refractivity contribution in [3.8, 4) is 22.4 Å². The summed E-state index contributed by atoms with van der Waals surface area (Å²) in [7, 11) is 0. The number of carboxylic acid groups (broad SMARTS) is 1. The lowest BCUT2D eigenvalue weighted by molar-refractivity contribution is -0.139. The van der Waals surface area contributed by atoms with Crippen molar-refractivity contribution >= 4 is 34.7 Å². The molecule has 152 valence electrons. The van der Waals surface area contributed by atoms with Gasteiger partial charge in [-0.3, -0.25) is 0 Å². The topological polar surface area (TPSA) is 55.1 Å². The second kappa shape index (κ2) is 7.73. The van der Waals surface area contributed by atoms with E-state index in [2.05, 4.69) is 17.1 Å². The summed E-state index contributed by atoms with van der Waals surface area (Å²) in [6.45, 7) is 0. The first-order valence-corrected chi connectivity index (χ1v) is 10.4. The lowest BCUT2D eigenvalue weighted by atomic mass is 10.0. The van der Waals surface area contributed by atoms with Gasteiger partial charge in [-0.25, -0.2) is 9.78 Å². The largest absolute Gasteiger partial charge is 0.479 e. The van der Waals surface area contributed by atoms with Gasteiger partial charge in [0.05, 0.1) is 17.0 Å². The second-order valence-corrected chi connectivity index (χ2v) is 8.13. The molecule has 0 spiro atoms. The molecule has 31 heavy (non-hydrogen) atoms. The highest BCUT2D eigenvalue weighted by Crippen LogP contribution is 2.44. The standard InChI is InChI=1S/C25H16Cl2N2O2/c26-15-9-10-20(22(27)11-15)23-13-29(14-28-23)24(25(30)31)12-21-18-7-3-1-5-16(18)17-6-2-4-8-19(17)21/h1-14,24H,(H,30,31). The van der Waals surface area contributed by atoms with Gasteiger partial charge in [-0.1, -0.05) is 71.7 Å². The van der Waals surface area contributed by atoms with Crippen LogP contribution in [0.2, 0.25) is 10.0 Å². The van der Waals surface area contributed by atoms with Crippen LogP contribution in [0.25, 0.3) is 28.0 Å². The molecular weight excluding hydrogens is 431 g/mol. The first-order chi connectivity index (χ1) is 15.0. The summed E-state index contributed by atoms with van der Waals surface area (Å²) in [6.07, 6.45) is 4.99. The zero-order valence-corrected chi connectivity index (χ0v) is 17.7. The predicted molar refractivity (Wildman–Crippen MR) is 123 cm³/mol. The SMILES string of the molecule is O=C(O)C(C=C1c2ccccc2-c2ccccc21)n1cnc(-c2ccc(Cl)cc2Cl)c1. The average molecular weight is 447 g/mol. The van der Waals surface area contributed by atoms with Gasteiger partial charge in [0, 0.05) is 16.8 Å². The Bertz CT molecular complexity index is 1310. The number of carboxylic acids is 1. The van der Waals surface area contributed by atoms with Gasteiger partial charge >= 0.3 is 5.97 Å². The molecular formula is C25H16Cl2N2O2. The number of carbonyl (C=O) groups is 1. The molecule has 1 unspecified atom stereocenters. The fourth-order valence-corrected chi connectivity index (χ4v) is 4.50. The number of hydrogen-bond donors (Lipinski definition) is 1. The molecule has 0 amide bonds. The smallest absolute Gasteiger partial charge is 0.330 e. The minimum atomic E-state index is -0.972. The second-order valence-electron chi connectivity index (χ2n) is 7.28. The van der Waals surface area contributed by atoms with E-state index < -0.39 is 12.0 Å². The molecule has 1 heterocycles. The van der Waals surface area contributed by atoms with Crippen molar-refractivity contribution in [3.63, 3.8) is 0 Å². The molecule has 1 aliphatic carbocycles. The third-order valence-corrected chi connectivity index (χ3v) is 5.98. The highest BCUT2D eigenvalue weighted by molar-refractivity contribution is 6.36. The Hall–Kier alpha value is -3.34. The van der Waals surface area contributed by atoms with Crippen molar-refractivity contribution in [2.45, 2.75) is 6.04 Å². The fraction of sp³-hybridized carbons (Fsp3) is 0.0400. The molecule has 0 saturated carbocycles. The van der Waals surface area contributed by atoms with E-state index in [1.807, 2.05) is 36.4 Å². The van der Waals surface area contributed by atoms with Crippen LogP contribution in [0.15, 0.2) is 85.3 Å². The number of halogens is 2. The number of rotatable bonds is 4. The summed E-state index contributed by atoms with van der Waals surface area (Å²) in [5.74, 6) is -0.972. The van der Waals surface area contributed by atoms with Gasteiger partial charge in [0.2, 0.25) is 0 Å². The maximum Gasteiger partial charge on any atom is 0.330 e. The molecule has 0 aliphatic heterocycles. The maximum absolute atomic E-state index is 12.2. The Morgan fingerprint density at radius 1 is 0.903 bits per heavy atom. The molecule has 6 heteroatoms. The van der Waals surface area contributed by atoms with Gasteiger partial charge < -0.3 is 9.67 Å². The fourth-order valence-electron chi connectivity index (χ4n) is 4.00. The first-order valence-electron chi connectivity index (χ1n) is 9.65. The van der Waals surface area contributed by atoms with Gasteiger partial charge in [0.1, 0.15) is 0 Å². The normalized spacial score (nSPS) is 12.9. The van der Waals surface area contributed by atoms with Gasteiger partial charge in [-0.15, -0.1) is 0 Å². The van der Waals surface area contributed by atoms with Crippen LogP contribution in [0.4, 0.5) is 0 Å². The van der Waals surface area contributed by atoms with Crippen LogP contribution in [0.5, 0.6) is 0 Å². The van der Waals surface area contributed by atoms with E-state index in [0.717, 1.165) is 27.8 Å². The van der Waals surface area contributed by atoms with E-state index in [0.29, 0.717) is 21.3 Å². The number of aromatic nitrogens is 2. The molecule has 3 aromatic carbocycles. The van der Waals surface area contributed by atoms with E-state index >= 15 is 0 Å². The first kappa shape index (κ1) is 19.6. The Morgan fingerprint density at radius 3 is 2.10 bits per heavy atom. The maximum atomic E-state index is 12.2. The van der Waals surface area contributed by atoms with Gasteiger partial charge in [-0.05, 0) is 52.1 Å². The van der Waals surface area contributed by atoms with Crippen molar-refractivity contribution in [1.82, 2.24) is 9.55 Å². The van der Waals surface area contributed by atoms with Gasteiger partial charge in [0.15, 0.2) is 6.04 Å². The van der Waals surface area contributed by atoms with E-state index in [1.54, 1.807) is 35.0 Å². The third-order valence-electron chi connectivity index (χ3n) is 5.43. The molecule has 5 rings (SSSR count). The Balaban J connectivity index is 1.60. The molecule has 1 aromatic heterocycles. The third kappa shape index (κ3) is 3.44. The van der Waals surface area contributed by atoms with Gasteiger partial charge in [0.25, 0.3) is 0 Å². The van der Waals surface area contributed by atoms with Crippen molar-refractivity contribution in [3.05, 3.63) is 107 Å². The molecule has 0 radical (unpaired) electrons. The van der Waals surface area contributed by atoms with Crippen LogP contribution in [-0.2, 0) is 4.79 Å². The number of aliphatic carboxylic acids is 1. The van der Waals surface area contributed by atoms with Crippen molar-refractivity contribution in [2.75, 3.05) is 0 Å². The molecule has 0 fully saturated rings. The number of nitrogens with zero attached hydrogens (tertiary/aromatic N) is 2. The number of imidazole rings is 1. The predicted octanol–water partition coefficient (Wildman–Crippen LogP) is 6.59. The summed E-state index contributed by atoms with van der Waals surface area (Å²) >= 11 is 12.3. The molecule has 0 bridgehead atoms. The molecule has 4 nitrogen and oxygen atoms in total. The van der Waals surface area contributed by atoms with Crippen molar-refractivity contribution < 1.29 is 9.90 Å². The summed E-state index contributed by atoms with van der Waals surface area (Å²) < 4.78 is 1.58. The number of fused-ring (bicyclic) bond motifs is 3. The lowest BCUT2D eigenvalue weighted by Gasteiger charge is -2.12. The Labute approximate surface area is 189 Å². The van der Waals surface area contributed by atoms with E-state index in [-0.39, 0.29) is 0 Å². The van der Waals surface area contributed by atoms with Crippen LogP contribution < -0.4 is 0 Å². The lowest BCUT2D eigenvalue weighted by Crippen LogP contribution is -2.16. The summed E-state index contributed by atoms with van der Waals surface area (Å²) in [6, 6.07) is 20.3. The number of hydrogen-bond acceptors (Lipinski definition) is 2. The zero-order chi connectivity index (χ0) is 21.5. The molecule has 1 atom stereocenters. The highest BCUT2D eigenvalue weighted by atomic mass is 35.5. The van der Waals surface area contributed by atoms with E-state index in [9.17, 15) is 9.90 Å². The Kier molecular flexibility index (Phi) is 4.89. The van der Waals surface area contributed by atoms with E-state index in [1.165, 1.54) is 6.33 Å². The average Bonchev–Trinajstić information content (AvgIpc) is 3.35. The minimum absolute atomic E-state index is 0.460. The van der Waals surface area contributed by atoms with Gasteiger partial charge in [-0.2, -0.15) is 0 Å². The summed E-state index contributed by atoms with van der Waals surface area (Å²) in [5, 5.41) is 11.0. The molecule has 1 aliphatic rings.